The molecule has 63 heavy (non-hydrogen) atoms. The summed E-state index contributed by atoms with van der Waals surface area (Å²) in [6.45, 7) is 5.12. The minimum absolute atomic E-state index is 0.0336. The number of amides is 2. The van der Waals surface area contributed by atoms with Crippen molar-refractivity contribution in [3.05, 3.63) is 57.6 Å². The lowest BCUT2D eigenvalue weighted by molar-refractivity contribution is -0.943. The van der Waals surface area contributed by atoms with Crippen LogP contribution in [0.5, 0.6) is 11.5 Å². The number of aliphatic hydroxyl groups is 2. The molecule has 2 aromatic carbocycles. The van der Waals surface area contributed by atoms with Crippen molar-refractivity contribution in [2.75, 3.05) is 26.2 Å². The van der Waals surface area contributed by atoms with Gasteiger partial charge in [0, 0.05) is 79.0 Å². The minimum atomic E-state index is -1.08. The first kappa shape index (κ1) is 44.7. The summed E-state index contributed by atoms with van der Waals surface area (Å²) in [5, 5.41) is 62.1. The molecule has 2 heterocycles. The van der Waals surface area contributed by atoms with Gasteiger partial charge in [-0.2, -0.15) is 0 Å². The summed E-state index contributed by atoms with van der Waals surface area (Å²) in [7, 11) is 0. The molecule has 0 spiro atoms. The minimum Gasteiger partial charge on any atom is -0.507 e. The molecule has 8 aliphatic rings. The number of aliphatic carboxylic acids is 2. The van der Waals surface area contributed by atoms with E-state index in [1.807, 2.05) is 12.1 Å². The summed E-state index contributed by atoms with van der Waals surface area (Å²) in [6, 6.07) is 6.85. The average Bonchev–Trinajstić information content (AvgIpc) is 4.15. The zero-order chi connectivity index (χ0) is 45.4. The van der Waals surface area contributed by atoms with Crippen LogP contribution in [0.2, 0.25) is 0 Å². The number of carboxylic acid groups (broad SMARTS) is 2. The largest absolute Gasteiger partial charge is 0.507 e. The number of aromatic hydroxyl groups is 2. The molecule has 16 nitrogen and oxygen atoms in total. The van der Waals surface area contributed by atoms with E-state index >= 15 is 0 Å². The number of rotatable bonds is 9. The molecule has 6 aliphatic carbocycles. The van der Waals surface area contributed by atoms with Gasteiger partial charge in [-0.15, -0.1) is 0 Å². The number of carbonyl (C=O) groups excluding carboxylic acids is 4. The molecule has 4 saturated carbocycles. The number of ketones is 2. The lowest BCUT2D eigenvalue weighted by Crippen LogP contribution is -3.21. The van der Waals surface area contributed by atoms with Gasteiger partial charge in [-0.25, -0.2) is 0 Å². The maximum absolute atomic E-state index is 12.5. The van der Waals surface area contributed by atoms with Crippen LogP contribution < -0.4 is 16.4 Å². The Bertz CT molecular complexity index is 2120. The number of phenols is 2. The van der Waals surface area contributed by atoms with Crippen molar-refractivity contribution in [1.29, 1.82) is 0 Å². The fourth-order valence-electron chi connectivity index (χ4n) is 12.7. The van der Waals surface area contributed by atoms with Crippen LogP contribution in [-0.4, -0.2) is 120 Å². The first-order chi connectivity index (χ1) is 29.7. The standard InChI is InChI=1S/2C21H26N2O4.C5H8O4/c2*22-19(26)15-4-3-13-9-16-21(27)6-5-14(24)10-20(21,17(13)18(15)25)7-8-23(16)11-12-1-2-12;1-3(5(8)9)2-4(6)7/h2*3-4,12,16,25,27H,1-2,5-11H2,(H2,22,26);3H,2H2,1H3,(H,6,7)(H,8,9)/p+1/t2*16-,20-,21-;3-/m110/s1. The maximum Gasteiger partial charge on any atom is 0.306 e. The summed E-state index contributed by atoms with van der Waals surface area (Å²) < 4.78 is 0. The number of piperidine rings is 2. The Kier molecular flexibility index (Phi) is 11.5. The molecule has 0 radical (unpaired) electrons. The number of hydrogen-bond acceptors (Lipinski definition) is 11. The molecular formula is C47H61N4O12+. The molecule has 340 valence electrons. The number of nitrogens with two attached hydrogens (primary N) is 2. The summed E-state index contributed by atoms with van der Waals surface area (Å²) in [5.41, 5.74) is 10.4. The normalized spacial score (nSPS) is 33.0. The lowest BCUT2D eigenvalue weighted by Gasteiger charge is -2.63. The number of likely N-dealkylation sites (tertiary alicyclic amines) is 2. The molecule has 2 saturated heterocycles. The number of Topliss-reactive ketones (excluding diaryl/α,β-unsaturated/α-hetero) is 2. The predicted molar refractivity (Wildman–Crippen MR) is 225 cm³/mol. The van der Waals surface area contributed by atoms with Crippen molar-refractivity contribution in [3.63, 3.8) is 0 Å². The van der Waals surface area contributed by atoms with E-state index in [-0.39, 0.29) is 65.5 Å². The number of nitrogens with one attached hydrogen (secondary N) is 1. The van der Waals surface area contributed by atoms with Crippen molar-refractivity contribution in [2.45, 2.75) is 137 Å². The van der Waals surface area contributed by atoms with Gasteiger partial charge in [0.15, 0.2) is 0 Å². The molecular weight excluding hydrogens is 813 g/mol. The van der Waals surface area contributed by atoms with Gasteiger partial charge in [-0.1, -0.05) is 19.1 Å². The third-order valence-corrected chi connectivity index (χ3v) is 16.2. The van der Waals surface area contributed by atoms with Crippen molar-refractivity contribution in [1.82, 2.24) is 4.90 Å². The number of carboxylic acids is 2. The zero-order valence-electron chi connectivity index (χ0n) is 35.9. The van der Waals surface area contributed by atoms with Gasteiger partial charge in [-0.3, -0.25) is 33.7 Å². The van der Waals surface area contributed by atoms with Gasteiger partial charge in [0.25, 0.3) is 11.8 Å². The van der Waals surface area contributed by atoms with E-state index in [4.69, 9.17) is 21.7 Å². The van der Waals surface area contributed by atoms with Crippen molar-refractivity contribution in [3.8, 4) is 11.5 Å². The van der Waals surface area contributed by atoms with E-state index in [0.29, 0.717) is 62.5 Å². The summed E-state index contributed by atoms with van der Waals surface area (Å²) in [5.74, 6) is -2.86. The van der Waals surface area contributed by atoms with E-state index < -0.39 is 51.7 Å². The van der Waals surface area contributed by atoms with Crippen molar-refractivity contribution < 1.29 is 64.3 Å². The van der Waals surface area contributed by atoms with Crippen molar-refractivity contribution in [2.24, 2.45) is 29.2 Å². The Hall–Kier alpha value is -4.90. The van der Waals surface area contributed by atoms with Crippen LogP contribution in [0.3, 0.4) is 0 Å². The Morgan fingerprint density at radius 1 is 0.762 bits per heavy atom. The van der Waals surface area contributed by atoms with E-state index in [1.54, 1.807) is 12.1 Å². The second-order valence-electron chi connectivity index (χ2n) is 20.0. The monoisotopic (exact) mass is 873 g/mol. The fraction of sp³-hybridized carbons (Fsp3) is 0.617. The quantitative estimate of drug-likeness (QED) is 0.172. The molecule has 16 heteroatoms. The molecule has 11 N–H and O–H groups in total. The third-order valence-electron chi connectivity index (χ3n) is 16.2. The third kappa shape index (κ3) is 7.59. The number of hydrogen-bond donors (Lipinski definition) is 9. The highest BCUT2D eigenvalue weighted by Crippen LogP contribution is 2.61. The van der Waals surface area contributed by atoms with Gasteiger partial charge < -0.3 is 47.0 Å². The van der Waals surface area contributed by atoms with Crippen LogP contribution >= 0.6 is 0 Å². The van der Waals surface area contributed by atoms with E-state index in [0.717, 1.165) is 49.1 Å². The molecule has 10 rings (SSSR count). The van der Waals surface area contributed by atoms with E-state index in [2.05, 4.69) is 4.90 Å². The average molecular weight is 874 g/mol. The van der Waals surface area contributed by atoms with Crippen molar-refractivity contribution >= 4 is 35.3 Å². The van der Waals surface area contributed by atoms with Crippen LogP contribution in [0.1, 0.15) is 133 Å². The number of benzene rings is 2. The van der Waals surface area contributed by atoms with Crippen LogP contribution in [0, 0.1) is 17.8 Å². The topological polar surface area (TPSA) is 284 Å². The number of nitrogens with zero attached hydrogens (tertiary/aromatic N) is 1. The van der Waals surface area contributed by atoms with E-state index in [9.17, 15) is 49.2 Å². The second-order valence-corrected chi connectivity index (χ2v) is 20.0. The smallest absolute Gasteiger partial charge is 0.306 e. The second kappa shape index (κ2) is 16.3. The number of carbonyl (C=O) groups is 6. The zero-order valence-corrected chi connectivity index (χ0v) is 35.9. The molecule has 8 atom stereocenters. The Morgan fingerprint density at radius 3 is 1.78 bits per heavy atom. The number of fused-ring (bicyclic) bond motifs is 2. The molecule has 6 fully saturated rings. The number of quaternary nitrogens is 1. The Balaban J connectivity index is 0.000000145. The summed E-state index contributed by atoms with van der Waals surface area (Å²) in [4.78, 5) is 72.2. The molecule has 0 aromatic heterocycles. The first-order valence-electron chi connectivity index (χ1n) is 22.6. The Labute approximate surface area is 365 Å². The molecule has 2 aromatic rings. The van der Waals surface area contributed by atoms with Crippen LogP contribution in [0.25, 0.3) is 0 Å². The predicted octanol–water partition coefficient (Wildman–Crippen LogP) is 1.27. The molecule has 2 aliphatic heterocycles. The van der Waals surface area contributed by atoms with Gasteiger partial charge >= 0.3 is 11.9 Å². The maximum atomic E-state index is 12.5. The van der Waals surface area contributed by atoms with Gasteiger partial charge in [-0.05, 0) is 87.1 Å². The highest BCUT2D eigenvalue weighted by molar-refractivity contribution is 5.97. The SMILES string of the molecule is C[C@@H](CC(=O)O)C(=O)O.NC(=O)c1ccc2c(c1O)[C@]13CCN(CC4CC4)[C@H](C2)[C@]1(O)CCC(=O)C3.NC(=O)c1ccc2c(c1O)[C@]13CC[NH+](CC4CC4)[C@H](C2)[C@]1(O)CCC(=O)C3. The number of primary amides is 2. The van der Waals surface area contributed by atoms with Gasteiger partial charge in [0.05, 0.1) is 42.2 Å². The summed E-state index contributed by atoms with van der Waals surface area (Å²) in [6.07, 6.45) is 9.37. The molecule has 4 bridgehead atoms. The van der Waals surface area contributed by atoms with Gasteiger partial charge in [0.2, 0.25) is 0 Å². The highest BCUT2D eigenvalue weighted by Gasteiger charge is 2.69. The van der Waals surface area contributed by atoms with Gasteiger partial charge in [0.1, 0.15) is 34.7 Å². The molecule has 1 unspecified atom stereocenters. The van der Waals surface area contributed by atoms with Crippen LogP contribution in [0.15, 0.2) is 24.3 Å². The van der Waals surface area contributed by atoms with Crippen LogP contribution in [0.4, 0.5) is 0 Å². The molecule has 2 amide bonds. The van der Waals surface area contributed by atoms with Crippen LogP contribution in [-0.2, 0) is 42.8 Å². The first-order valence-corrected chi connectivity index (χ1v) is 22.6. The van der Waals surface area contributed by atoms with E-state index in [1.165, 1.54) is 37.5 Å². The highest BCUT2D eigenvalue weighted by atomic mass is 16.4. The lowest BCUT2D eigenvalue weighted by atomic mass is 9.49. The Morgan fingerprint density at radius 2 is 1.29 bits per heavy atom. The fourth-order valence-corrected chi connectivity index (χ4v) is 12.7. The summed E-state index contributed by atoms with van der Waals surface area (Å²) >= 11 is 0.